The Bertz CT molecular complexity index is 599. The maximum atomic E-state index is 12.4. The average Bonchev–Trinajstić information content (AvgIpc) is 2.37. The minimum Gasteiger partial charge on any atom is -0.384 e. The van der Waals surface area contributed by atoms with E-state index in [1.807, 2.05) is 6.92 Å². The zero-order valence-corrected chi connectivity index (χ0v) is 11.3. The van der Waals surface area contributed by atoms with Crippen molar-refractivity contribution in [3.8, 4) is 0 Å². The predicted molar refractivity (Wildman–Crippen MR) is 69.2 cm³/mol. The molecule has 0 aliphatic heterocycles. The summed E-state index contributed by atoms with van der Waals surface area (Å²) in [6, 6.07) is 3.85. The first-order valence-corrected chi connectivity index (χ1v) is 6.54. The lowest BCUT2D eigenvalue weighted by Gasteiger charge is -2.07. The highest BCUT2D eigenvalue weighted by atomic mass is 32.2. The van der Waals surface area contributed by atoms with Crippen LogP contribution in [0.3, 0.4) is 0 Å². The summed E-state index contributed by atoms with van der Waals surface area (Å²) in [5.41, 5.74) is 4.86. The van der Waals surface area contributed by atoms with Gasteiger partial charge in [0.25, 0.3) is 0 Å². The molecule has 8 heteroatoms. The molecule has 2 N–H and O–H groups in total. The van der Waals surface area contributed by atoms with Crippen LogP contribution in [0.25, 0.3) is 0 Å². The molecule has 2 aromatic rings. The van der Waals surface area contributed by atoms with Crippen LogP contribution in [0.4, 0.5) is 19.0 Å². The number of hydrogen-bond acceptors (Lipinski definition) is 5. The minimum atomic E-state index is -4.38. The van der Waals surface area contributed by atoms with Crippen molar-refractivity contribution in [1.82, 2.24) is 15.0 Å². The number of pyridine rings is 1. The van der Waals surface area contributed by atoms with E-state index in [1.165, 1.54) is 6.07 Å². The quantitative estimate of drug-likeness (QED) is 0.882. The van der Waals surface area contributed by atoms with Gasteiger partial charge in [-0.2, -0.15) is 13.2 Å². The van der Waals surface area contributed by atoms with E-state index < -0.39 is 11.7 Å². The number of nitrogens with zero attached hydrogens (tertiary/aromatic N) is 3. The molecule has 0 aliphatic carbocycles. The Morgan fingerprint density at radius 1 is 1.20 bits per heavy atom. The molecule has 0 saturated carbocycles. The molecule has 4 nitrogen and oxygen atoms in total. The van der Waals surface area contributed by atoms with Gasteiger partial charge in [0.1, 0.15) is 21.7 Å². The van der Waals surface area contributed by atoms with E-state index in [9.17, 15) is 13.2 Å². The lowest BCUT2D eigenvalue weighted by Crippen LogP contribution is -2.05. The summed E-state index contributed by atoms with van der Waals surface area (Å²) in [5, 5.41) is 0.972. The summed E-state index contributed by atoms with van der Waals surface area (Å²) >= 11 is 1.14. The number of anilines is 1. The Balaban J connectivity index is 2.20. The number of halogens is 3. The standard InChI is InChI=1S/C12H11F3N4S/c1-2-9-18-8(16)5-11(19-9)20-10-4-3-7(6-17-10)12(13,14)15/h3-6H,2H2,1H3,(H2,16,18,19). The zero-order valence-electron chi connectivity index (χ0n) is 10.5. The van der Waals surface area contributed by atoms with Gasteiger partial charge in [0, 0.05) is 18.7 Å². The molecule has 0 radical (unpaired) electrons. The van der Waals surface area contributed by atoms with E-state index in [0.29, 0.717) is 28.1 Å². The SMILES string of the molecule is CCc1nc(N)cc(Sc2ccc(C(F)(F)F)cn2)n1. The third kappa shape index (κ3) is 3.60. The molecule has 0 unspecified atom stereocenters. The molecular weight excluding hydrogens is 289 g/mol. The first kappa shape index (κ1) is 14.6. The second-order valence-electron chi connectivity index (χ2n) is 3.89. The molecule has 20 heavy (non-hydrogen) atoms. The summed E-state index contributed by atoms with van der Waals surface area (Å²) in [6.45, 7) is 1.89. The van der Waals surface area contributed by atoms with Gasteiger partial charge in [0.2, 0.25) is 0 Å². The molecule has 0 saturated heterocycles. The van der Waals surface area contributed by atoms with Crippen LogP contribution in [-0.2, 0) is 12.6 Å². The number of nitrogens with two attached hydrogens (primary N) is 1. The van der Waals surface area contributed by atoms with Crippen molar-refractivity contribution in [3.05, 3.63) is 35.8 Å². The summed E-state index contributed by atoms with van der Waals surface area (Å²) in [4.78, 5) is 12.0. The third-order valence-corrected chi connectivity index (χ3v) is 3.23. The Hall–Kier alpha value is -1.83. The second-order valence-corrected chi connectivity index (χ2v) is 4.93. The largest absolute Gasteiger partial charge is 0.417 e. The number of aryl methyl sites for hydroxylation is 1. The van der Waals surface area contributed by atoms with E-state index >= 15 is 0 Å². The van der Waals surface area contributed by atoms with Gasteiger partial charge in [-0.05, 0) is 23.9 Å². The molecule has 0 aliphatic rings. The molecule has 0 spiro atoms. The minimum absolute atomic E-state index is 0.325. The highest BCUT2D eigenvalue weighted by Gasteiger charge is 2.30. The van der Waals surface area contributed by atoms with Crippen molar-refractivity contribution in [3.63, 3.8) is 0 Å². The monoisotopic (exact) mass is 300 g/mol. The van der Waals surface area contributed by atoms with Crippen LogP contribution >= 0.6 is 11.8 Å². The van der Waals surface area contributed by atoms with Crippen LogP contribution < -0.4 is 5.73 Å². The van der Waals surface area contributed by atoms with Gasteiger partial charge >= 0.3 is 6.18 Å². The Morgan fingerprint density at radius 3 is 2.50 bits per heavy atom. The highest BCUT2D eigenvalue weighted by Crippen LogP contribution is 2.31. The van der Waals surface area contributed by atoms with Gasteiger partial charge in [-0.1, -0.05) is 6.92 Å². The molecule has 0 atom stereocenters. The Labute approximate surface area is 117 Å². The van der Waals surface area contributed by atoms with Crippen molar-refractivity contribution in [2.45, 2.75) is 29.6 Å². The molecule has 0 fully saturated rings. The fourth-order valence-electron chi connectivity index (χ4n) is 1.42. The van der Waals surface area contributed by atoms with Crippen LogP contribution in [0.1, 0.15) is 18.3 Å². The maximum Gasteiger partial charge on any atom is 0.417 e. The Morgan fingerprint density at radius 2 is 1.95 bits per heavy atom. The molecular formula is C12H11F3N4S. The number of aromatic nitrogens is 3. The maximum absolute atomic E-state index is 12.4. The average molecular weight is 300 g/mol. The van der Waals surface area contributed by atoms with Gasteiger partial charge in [0.05, 0.1) is 5.56 Å². The van der Waals surface area contributed by atoms with Crippen LogP contribution in [-0.4, -0.2) is 15.0 Å². The number of rotatable bonds is 3. The highest BCUT2D eigenvalue weighted by molar-refractivity contribution is 7.99. The van der Waals surface area contributed by atoms with Crippen molar-refractivity contribution in [2.24, 2.45) is 0 Å². The van der Waals surface area contributed by atoms with Crippen molar-refractivity contribution >= 4 is 17.6 Å². The lowest BCUT2D eigenvalue weighted by atomic mass is 10.3. The summed E-state index contributed by atoms with van der Waals surface area (Å²) in [5.74, 6) is 0.908. The van der Waals surface area contributed by atoms with Crippen LogP contribution in [0.5, 0.6) is 0 Å². The van der Waals surface area contributed by atoms with Crippen molar-refractivity contribution in [2.75, 3.05) is 5.73 Å². The van der Waals surface area contributed by atoms with Gasteiger partial charge < -0.3 is 5.73 Å². The van der Waals surface area contributed by atoms with Gasteiger partial charge in [-0.3, -0.25) is 0 Å². The Kier molecular flexibility index (Phi) is 4.12. The van der Waals surface area contributed by atoms with Crippen LogP contribution in [0.2, 0.25) is 0 Å². The molecule has 106 valence electrons. The van der Waals surface area contributed by atoms with E-state index in [1.54, 1.807) is 6.07 Å². The second kappa shape index (κ2) is 5.66. The van der Waals surface area contributed by atoms with Gasteiger partial charge in [-0.25, -0.2) is 15.0 Å². The zero-order chi connectivity index (χ0) is 14.8. The summed E-state index contributed by atoms with van der Waals surface area (Å²) in [6.07, 6.45) is -2.96. The summed E-state index contributed by atoms with van der Waals surface area (Å²) < 4.78 is 37.2. The topological polar surface area (TPSA) is 64.7 Å². The fourth-order valence-corrected chi connectivity index (χ4v) is 2.20. The molecule has 2 rings (SSSR count). The number of alkyl halides is 3. The number of nitrogen functional groups attached to an aromatic ring is 1. The van der Waals surface area contributed by atoms with Gasteiger partial charge in [-0.15, -0.1) is 0 Å². The van der Waals surface area contributed by atoms with Crippen molar-refractivity contribution < 1.29 is 13.2 Å². The first-order chi connectivity index (χ1) is 9.38. The molecule has 2 aromatic heterocycles. The van der Waals surface area contributed by atoms with E-state index in [2.05, 4.69) is 15.0 Å². The van der Waals surface area contributed by atoms with E-state index in [-0.39, 0.29) is 0 Å². The fraction of sp³-hybridized carbons (Fsp3) is 0.250. The van der Waals surface area contributed by atoms with Gasteiger partial charge in [0.15, 0.2) is 0 Å². The normalized spacial score (nSPS) is 11.6. The lowest BCUT2D eigenvalue weighted by molar-refractivity contribution is -0.137. The molecule has 0 bridgehead atoms. The first-order valence-electron chi connectivity index (χ1n) is 5.73. The molecule has 0 amide bonds. The van der Waals surface area contributed by atoms with E-state index in [0.717, 1.165) is 24.0 Å². The van der Waals surface area contributed by atoms with Crippen LogP contribution in [0.15, 0.2) is 34.4 Å². The smallest absolute Gasteiger partial charge is 0.384 e. The number of hydrogen-bond donors (Lipinski definition) is 1. The predicted octanol–water partition coefficient (Wildman–Crippen LogP) is 3.19. The van der Waals surface area contributed by atoms with E-state index in [4.69, 9.17) is 5.73 Å². The van der Waals surface area contributed by atoms with Crippen LogP contribution in [0, 0.1) is 0 Å². The molecule has 2 heterocycles. The third-order valence-electron chi connectivity index (χ3n) is 2.36. The molecule has 0 aromatic carbocycles. The summed E-state index contributed by atoms with van der Waals surface area (Å²) in [7, 11) is 0. The van der Waals surface area contributed by atoms with Crippen molar-refractivity contribution in [1.29, 1.82) is 0 Å².